The van der Waals surface area contributed by atoms with E-state index in [0.29, 0.717) is 6.54 Å². The number of hydrogen-bond donors (Lipinski definition) is 2. The van der Waals surface area contributed by atoms with E-state index in [0.717, 1.165) is 29.9 Å². The van der Waals surface area contributed by atoms with E-state index >= 15 is 0 Å². The van der Waals surface area contributed by atoms with E-state index in [1.807, 2.05) is 30.3 Å². The van der Waals surface area contributed by atoms with Crippen molar-refractivity contribution in [2.24, 2.45) is 0 Å². The van der Waals surface area contributed by atoms with Gasteiger partial charge in [-0.3, -0.25) is 4.79 Å². The number of nitrogens with one attached hydrogen (secondary N) is 2. The van der Waals surface area contributed by atoms with E-state index in [2.05, 4.69) is 33.8 Å². The first-order valence-corrected chi connectivity index (χ1v) is 9.03. The van der Waals surface area contributed by atoms with Crippen molar-refractivity contribution in [1.82, 2.24) is 15.6 Å². The molecule has 130 valence electrons. The molecular formula is C19H20ClN3OS. The van der Waals surface area contributed by atoms with Crippen LogP contribution in [-0.2, 0) is 24.2 Å². The lowest BCUT2D eigenvalue weighted by molar-refractivity contribution is -0.123. The number of para-hydroxylation sites is 1. The zero-order valence-corrected chi connectivity index (χ0v) is 15.3. The normalized spacial score (nSPS) is 16.1. The molecule has 6 heteroatoms. The van der Waals surface area contributed by atoms with Crippen molar-refractivity contribution in [1.29, 1.82) is 0 Å². The van der Waals surface area contributed by atoms with Crippen molar-refractivity contribution in [3.8, 4) is 0 Å². The van der Waals surface area contributed by atoms with Gasteiger partial charge >= 0.3 is 0 Å². The van der Waals surface area contributed by atoms with Gasteiger partial charge in [-0.1, -0.05) is 36.4 Å². The fourth-order valence-electron chi connectivity index (χ4n) is 3.08. The molecule has 2 heterocycles. The zero-order chi connectivity index (χ0) is 16.4. The SMILES string of the molecule is Cl.O=C(NCCc1nc2ccccc2s1)C1Cc2ccccc2CN1. The van der Waals surface area contributed by atoms with Crippen molar-refractivity contribution >= 4 is 39.9 Å². The van der Waals surface area contributed by atoms with Gasteiger partial charge < -0.3 is 10.6 Å². The summed E-state index contributed by atoms with van der Waals surface area (Å²) in [5.74, 6) is 0.0746. The lowest BCUT2D eigenvalue weighted by atomic mass is 9.95. The monoisotopic (exact) mass is 373 g/mol. The third-order valence-corrected chi connectivity index (χ3v) is 5.47. The number of nitrogens with zero attached hydrogens (tertiary/aromatic N) is 1. The van der Waals surface area contributed by atoms with Gasteiger partial charge in [-0.15, -0.1) is 23.7 Å². The summed E-state index contributed by atoms with van der Waals surface area (Å²) in [5, 5.41) is 7.43. The van der Waals surface area contributed by atoms with Gasteiger partial charge in [-0.2, -0.15) is 0 Å². The number of hydrogen-bond acceptors (Lipinski definition) is 4. The number of thiazole rings is 1. The zero-order valence-electron chi connectivity index (χ0n) is 13.7. The van der Waals surface area contributed by atoms with Crippen LogP contribution in [0.2, 0.25) is 0 Å². The van der Waals surface area contributed by atoms with Crippen LogP contribution in [0.25, 0.3) is 10.2 Å². The van der Waals surface area contributed by atoms with Gasteiger partial charge in [-0.05, 0) is 29.7 Å². The maximum atomic E-state index is 12.4. The van der Waals surface area contributed by atoms with Crippen LogP contribution in [0, 0.1) is 0 Å². The molecule has 3 aromatic rings. The van der Waals surface area contributed by atoms with Crippen LogP contribution in [0.15, 0.2) is 48.5 Å². The van der Waals surface area contributed by atoms with E-state index in [1.165, 1.54) is 15.8 Å². The molecule has 4 rings (SSSR count). The summed E-state index contributed by atoms with van der Waals surface area (Å²) in [7, 11) is 0. The highest BCUT2D eigenvalue weighted by Gasteiger charge is 2.23. The van der Waals surface area contributed by atoms with Crippen molar-refractivity contribution < 1.29 is 4.79 Å². The van der Waals surface area contributed by atoms with Crippen LogP contribution in [0.4, 0.5) is 0 Å². The minimum absolute atomic E-state index is 0. The Bertz CT molecular complexity index is 847. The molecular weight excluding hydrogens is 354 g/mol. The molecule has 2 N–H and O–H groups in total. The molecule has 0 saturated carbocycles. The minimum atomic E-state index is -0.143. The summed E-state index contributed by atoms with van der Waals surface area (Å²) >= 11 is 1.70. The number of rotatable bonds is 4. The Labute approximate surface area is 157 Å². The molecule has 2 aromatic carbocycles. The second-order valence-corrected chi connectivity index (χ2v) is 7.14. The molecule has 1 atom stereocenters. The first kappa shape index (κ1) is 17.9. The first-order chi connectivity index (χ1) is 11.8. The van der Waals surface area contributed by atoms with E-state index in [-0.39, 0.29) is 24.4 Å². The molecule has 0 fully saturated rings. The number of halogens is 1. The Hall–Kier alpha value is -1.95. The van der Waals surface area contributed by atoms with Crippen LogP contribution in [-0.4, -0.2) is 23.5 Å². The largest absolute Gasteiger partial charge is 0.354 e. The molecule has 0 spiro atoms. The van der Waals surface area contributed by atoms with E-state index in [4.69, 9.17) is 0 Å². The predicted octanol–water partition coefficient (Wildman–Crippen LogP) is 3.09. The van der Waals surface area contributed by atoms with Gasteiger partial charge in [0.05, 0.1) is 21.3 Å². The Morgan fingerprint density at radius 2 is 1.92 bits per heavy atom. The van der Waals surface area contributed by atoms with Crippen molar-refractivity contribution in [3.05, 3.63) is 64.7 Å². The van der Waals surface area contributed by atoms with Crippen LogP contribution < -0.4 is 10.6 Å². The highest BCUT2D eigenvalue weighted by atomic mass is 35.5. The Morgan fingerprint density at radius 3 is 2.76 bits per heavy atom. The summed E-state index contributed by atoms with van der Waals surface area (Å²) in [6.07, 6.45) is 1.53. The summed E-state index contributed by atoms with van der Waals surface area (Å²) < 4.78 is 1.20. The predicted molar refractivity (Wildman–Crippen MR) is 104 cm³/mol. The van der Waals surface area contributed by atoms with Crippen LogP contribution in [0.3, 0.4) is 0 Å². The summed E-state index contributed by atoms with van der Waals surface area (Å²) in [6, 6.07) is 16.3. The molecule has 0 bridgehead atoms. The highest BCUT2D eigenvalue weighted by Crippen LogP contribution is 2.21. The van der Waals surface area contributed by atoms with Gasteiger partial charge in [-0.25, -0.2) is 4.98 Å². The van der Waals surface area contributed by atoms with E-state index in [9.17, 15) is 4.79 Å². The topological polar surface area (TPSA) is 54.0 Å². The fourth-order valence-corrected chi connectivity index (χ4v) is 4.05. The maximum Gasteiger partial charge on any atom is 0.237 e. The summed E-state index contributed by atoms with van der Waals surface area (Å²) in [4.78, 5) is 17.0. The third-order valence-electron chi connectivity index (χ3n) is 4.37. The molecule has 25 heavy (non-hydrogen) atoms. The first-order valence-electron chi connectivity index (χ1n) is 8.22. The number of carbonyl (C=O) groups excluding carboxylic acids is 1. The summed E-state index contributed by atoms with van der Waals surface area (Å²) in [5.41, 5.74) is 3.59. The number of amides is 1. The molecule has 0 radical (unpaired) electrons. The van der Waals surface area contributed by atoms with Crippen molar-refractivity contribution in [3.63, 3.8) is 0 Å². The molecule has 1 amide bonds. The summed E-state index contributed by atoms with van der Waals surface area (Å²) in [6.45, 7) is 1.38. The average molecular weight is 374 g/mol. The number of carbonyl (C=O) groups is 1. The molecule has 0 aliphatic carbocycles. The van der Waals surface area contributed by atoms with Gasteiger partial charge in [0, 0.05) is 19.5 Å². The Balaban J connectivity index is 0.00000182. The second kappa shape index (κ2) is 7.95. The van der Waals surface area contributed by atoms with Crippen LogP contribution in [0.1, 0.15) is 16.1 Å². The number of aromatic nitrogens is 1. The minimum Gasteiger partial charge on any atom is -0.354 e. The molecule has 1 aliphatic heterocycles. The molecule has 1 aromatic heterocycles. The quantitative estimate of drug-likeness (QED) is 0.738. The molecule has 1 aliphatic rings. The standard InChI is InChI=1S/C19H19N3OS.ClH/c23-19(16-11-13-5-1-2-6-14(13)12-21-16)20-10-9-18-22-15-7-3-4-8-17(15)24-18;/h1-8,16,21H,9-12H2,(H,20,23);1H. The van der Waals surface area contributed by atoms with Gasteiger partial charge in [0.15, 0.2) is 0 Å². The maximum absolute atomic E-state index is 12.4. The molecule has 4 nitrogen and oxygen atoms in total. The lowest BCUT2D eigenvalue weighted by Crippen LogP contribution is -2.48. The van der Waals surface area contributed by atoms with E-state index < -0.39 is 0 Å². The lowest BCUT2D eigenvalue weighted by Gasteiger charge is -2.25. The Kier molecular flexibility index (Phi) is 5.68. The van der Waals surface area contributed by atoms with Gasteiger partial charge in [0.2, 0.25) is 5.91 Å². The Morgan fingerprint density at radius 1 is 1.16 bits per heavy atom. The second-order valence-electron chi connectivity index (χ2n) is 6.02. The van der Waals surface area contributed by atoms with Gasteiger partial charge in [0.25, 0.3) is 0 Å². The van der Waals surface area contributed by atoms with Crippen LogP contribution in [0.5, 0.6) is 0 Å². The van der Waals surface area contributed by atoms with Gasteiger partial charge in [0.1, 0.15) is 0 Å². The number of fused-ring (bicyclic) bond motifs is 2. The third kappa shape index (κ3) is 4.00. The van der Waals surface area contributed by atoms with Crippen molar-refractivity contribution in [2.45, 2.75) is 25.4 Å². The number of benzene rings is 2. The average Bonchev–Trinajstić information content (AvgIpc) is 3.04. The fraction of sp³-hybridized carbons (Fsp3) is 0.263. The highest BCUT2D eigenvalue weighted by molar-refractivity contribution is 7.18. The molecule has 0 saturated heterocycles. The molecule has 1 unspecified atom stereocenters. The van der Waals surface area contributed by atoms with Crippen molar-refractivity contribution in [2.75, 3.05) is 6.54 Å². The van der Waals surface area contributed by atoms with Crippen LogP contribution >= 0.6 is 23.7 Å². The van der Waals surface area contributed by atoms with E-state index in [1.54, 1.807) is 11.3 Å². The smallest absolute Gasteiger partial charge is 0.237 e.